The summed E-state index contributed by atoms with van der Waals surface area (Å²) in [5.74, 6) is 0.812. The maximum absolute atomic E-state index is 3.51. The third-order valence-corrected chi connectivity index (χ3v) is 3.44. The predicted molar refractivity (Wildman–Crippen MR) is 59.5 cm³/mol. The molecule has 2 aliphatic rings. The molecule has 0 aromatic carbocycles. The summed E-state index contributed by atoms with van der Waals surface area (Å²) in [4.78, 5) is 2.70. The quantitative estimate of drug-likeness (QED) is 0.632. The molecule has 2 rings (SSSR count). The van der Waals surface area contributed by atoms with Gasteiger partial charge in [0.25, 0.3) is 0 Å². The summed E-state index contributed by atoms with van der Waals surface area (Å²) in [6, 6.07) is 0.846. The molecule has 0 bridgehead atoms. The Kier molecular flexibility index (Phi) is 3.79. The molecule has 0 aliphatic carbocycles. The molecule has 2 heterocycles. The number of rotatable bonds is 1. The molecular formula is C11H23N3. The molecule has 1 unspecified atom stereocenters. The Morgan fingerprint density at radius 3 is 2.64 bits per heavy atom. The van der Waals surface area contributed by atoms with Crippen molar-refractivity contribution in [3.8, 4) is 0 Å². The van der Waals surface area contributed by atoms with E-state index in [9.17, 15) is 0 Å². The molecule has 2 saturated heterocycles. The van der Waals surface area contributed by atoms with E-state index < -0.39 is 0 Å². The molecule has 0 aromatic heterocycles. The molecule has 3 heteroatoms. The number of nitrogens with one attached hydrogen (secondary N) is 2. The Hall–Kier alpha value is -0.120. The van der Waals surface area contributed by atoms with Gasteiger partial charge in [-0.2, -0.15) is 0 Å². The van der Waals surface area contributed by atoms with Crippen molar-refractivity contribution >= 4 is 0 Å². The zero-order valence-electron chi connectivity index (χ0n) is 9.26. The molecule has 0 saturated carbocycles. The van der Waals surface area contributed by atoms with Gasteiger partial charge in [0.2, 0.25) is 0 Å². The first kappa shape index (κ1) is 10.4. The third-order valence-electron chi connectivity index (χ3n) is 3.44. The topological polar surface area (TPSA) is 27.3 Å². The van der Waals surface area contributed by atoms with E-state index in [0.717, 1.165) is 12.0 Å². The largest absolute Gasteiger partial charge is 0.317 e. The van der Waals surface area contributed by atoms with Crippen molar-refractivity contribution in [2.45, 2.75) is 25.8 Å². The Morgan fingerprint density at radius 2 is 1.86 bits per heavy atom. The van der Waals surface area contributed by atoms with E-state index >= 15 is 0 Å². The van der Waals surface area contributed by atoms with Gasteiger partial charge in [-0.3, -0.25) is 4.90 Å². The van der Waals surface area contributed by atoms with E-state index in [4.69, 9.17) is 0 Å². The van der Waals surface area contributed by atoms with Gasteiger partial charge in [-0.05, 0) is 38.4 Å². The number of hydrogen-bond acceptors (Lipinski definition) is 3. The van der Waals surface area contributed by atoms with Crippen LogP contribution in [0.3, 0.4) is 0 Å². The van der Waals surface area contributed by atoms with E-state index in [1.165, 1.54) is 52.1 Å². The van der Waals surface area contributed by atoms with Crippen molar-refractivity contribution < 1.29 is 0 Å². The Morgan fingerprint density at radius 1 is 1.07 bits per heavy atom. The van der Waals surface area contributed by atoms with E-state index in [0.29, 0.717) is 0 Å². The van der Waals surface area contributed by atoms with Crippen LogP contribution in [0.4, 0.5) is 0 Å². The third kappa shape index (κ3) is 2.69. The smallest absolute Gasteiger partial charge is 0.0120 e. The van der Waals surface area contributed by atoms with Crippen LogP contribution in [0.1, 0.15) is 19.8 Å². The van der Waals surface area contributed by atoms with Crippen LogP contribution in [0, 0.1) is 5.92 Å². The Labute approximate surface area is 87.2 Å². The highest BCUT2D eigenvalue weighted by Gasteiger charge is 2.23. The molecule has 0 radical (unpaired) electrons. The first-order chi connectivity index (χ1) is 6.86. The second-order valence-corrected chi connectivity index (χ2v) is 4.79. The molecule has 14 heavy (non-hydrogen) atoms. The maximum Gasteiger partial charge on any atom is 0.0120 e. The van der Waals surface area contributed by atoms with E-state index in [2.05, 4.69) is 22.5 Å². The van der Waals surface area contributed by atoms with Gasteiger partial charge in [0, 0.05) is 25.7 Å². The average molecular weight is 197 g/mol. The monoisotopic (exact) mass is 197 g/mol. The highest BCUT2D eigenvalue weighted by molar-refractivity contribution is 4.81. The average Bonchev–Trinajstić information content (AvgIpc) is 2.44. The van der Waals surface area contributed by atoms with Crippen molar-refractivity contribution in [2.75, 3.05) is 39.3 Å². The lowest BCUT2D eigenvalue weighted by molar-refractivity contribution is 0.157. The molecule has 0 aromatic rings. The number of nitrogens with zero attached hydrogens (tertiary/aromatic N) is 1. The fraction of sp³-hybridized carbons (Fsp3) is 1.00. The van der Waals surface area contributed by atoms with Gasteiger partial charge in [-0.15, -0.1) is 0 Å². The molecule has 3 nitrogen and oxygen atoms in total. The summed E-state index contributed by atoms with van der Waals surface area (Å²) in [5, 5.41) is 6.95. The molecule has 1 atom stereocenters. The molecular weight excluding hydrogens is 174 g/mol. The van der Waals surface area contributed by atoms with Crippen LogP contribution in [-0.4, -0.2) is 50.2 Å². The van der Waals surface area contributed by atoms with Gasteiger partial charge in [0.05, 0.1) is 0 Å². The van der Waals surface area contributed by atoms with Crippen molar-refractivity contribution in [3.05, 3.63) is 0 Å². The standard InChI is InChI=1S/C11H23N3/c1-10-8-13-6-7-14(9-10)11-2-4-12-5-3-11/h10-13H,2-9H2,1H3. The summed E-state index contributed by atoms with van der Waals surface area (Å²) < 4.78 is 0. The minimum Gasteiger partial charge on any atom is -0.317 e. The van der Waals surface area contributed by atoms with Crippen molar-refractivity contribution in [1.82, 2.24) is 15.5 Å². The Balaban J connectivity index is 1.87. The van der Waals surface area contributed by atoms with Crippen LogP contribution in [0.15, 0.2) is 0 Å². The van der Waals surface area contributed by atoms with Gasteiger partial charge in [-0.1, -0.05) is 6.92 Å². The molecule has 2 fully saturated rings. The summed E-state index contributed by atoms with van der Waals surface area (Å²) in [6.45, 7) is 9.68. The second kappa shape index (κ2) is 5.10. The van der Waals surface area contributed by atoms with Crippen LogP contribution in [0.2, 0.25) is 0 Å². The zero-order chi connectivity index (χ0) is 9.80. The van der Waals surface area contributed by atoms with Crippen molar-refractivity contribution in [3.63, 3.8) is 0 Å². The maximum atomic E-state index is 3.51. The van der Waals surface area contributed by atoms with Crippen LogP contribution in [0.25, 0.3) is 0 Å². The second-order valence-electron chi connectivity index (χ2n) is 4.79. The fourth-order valence-electron chi connectivity index (χ4n) is 2.63. The van der Waals surface area contributed by atoms with Gasteiger partial charge in [0.1, 0.15) is 0 Å². The lowest BCUT2D eigenvalue weighted by Gasteiger charge is -2.34. The van der Waals surface area contributed by atoms with E-state index in [-0.39, 0.29) is 0 Å². The SMILES string of the molecule is CC1CNCCN(C2CCNCC2)C1. The lowest BCUT2D eigenvalue weighted by Crippen LogP contribution is -2.45. The van der Waals surface area contributed by atoms with Crippen LogP contribution in [-0.2, 0) is 0 Å². The molecule has 0 spiro atoms. The highest BCUT2D eigenvalue weighted by Crippen LogP contribution is 2.14. The normalized spacial score (nSPS) is 32.8. The molecule has 82 valence electrons. The van der Waals surface area contributed by atoms with E-state index in [1.54, 1.807) is 0 Å². The lowest BCUT2D eigenvalue weighted by atomic mass is 10.0. The number of hydrogen-bond donors (Lipinski definition) is 2. The molecule has 0 amide bonds. The van der Waals surface area contributed by atoms with Crippen molar-refractivity contribution in [2.24, 2.45) is 5.92 Å². The minimum atomic E-state index is 0.812. The Bertz CT molecular complexity index is 166. The molecule has 2 aliphatic heterocycles. The first-order valence-corrected chi connectivity index (χ1v) is 6.02. The van der Waals surface area contributed by atoms with Crippen molar-refractivity contribution in [1.29, 1.82) is 0 Å². The minimum absolute atomic E-state index is 0.812. The van der Waals surface area contributed by atoms with Crippen LogP contribution < -0.4 is 10.6 Å². The number of piperidine rings is 1. The van der Waals surface area contributed by atoms with Crippen LogP contribution >= 0.6 is 0 Å². The summed E-state index contributed by atoms with van der Waals surface area (Å²) in [6.07, 6.45) is 2.68. The zero-order valence-corrected chi connectivity index (χ0v) is 9.26. The summed E-state index contributed by atoms with van der Waals surface area (Å²) in [7, 11) is 0. The van der Waals surface area contributed by atoms with Gasteiger partial charge >= 0.3 is 0 Å². The first-order valence-electron chi connectivity index (χ1n) is 6.02. The van der Waals surface area contributed by atoms with Gasteiger partial charge < -0.3 is 10.6 Å². The fourth-order valence-corrected chi connectivity index (χ4v) is 2.63. The van der Waals surface area contributed by atoms with Gasteiger partial charge in [0.15, 0.2) is 0 Å². The van der Waals surface area contributed by atoms with Crippen LogP contribution in [0.5, 0.6) is 0 Å². The molecule has 2 N–H and O–H groups in total. The van der Waals surface area contributed by atoms with Gasteiger partial charge in [-0.25, -0.2) is 0 Å². The highest BCUT2D eigenvalue weighted by atomic mass is 15.2. The predicted octanol–water partition coefficient (Wildman–Crippen LogP) is 0.280. The van der Waals surface area contributed by atoms with E-state index in [1.807, 2.05) is 0 Å². The summed E-state index contributed by atoms with van der Waals surface area (Å²) in [5.41, 5.74) is 0. The summed E-state index contributed by atoms with van der Waals surface area (Å²) >= 11 is 0.